The first kappa shape index (κ1) is 10.6. The fourth-order valence-corrected chi connectivity index (χ4v) is 1.66. The zero-order valence-electron chi connectivity index (χ0n) is 9.36. The van der Waals surface area contributed by atoms with Crippen molar-refractivity contribution in [3.63, 3.8) is 0 Å². The average Bonchev–Trinajstić information content (AvgIpc) is 2.26. The molecule has 0 unspecified atom stereocenters. The maximum atomic E-state index is 9.74. The lowest BCUT2D eigenvalue weighted by Gasteiger charge is -2.08. The third kappa shape index (κ3) is 1.87. The van der Waals surface area contributed by atoms with Crippen molar-refractivity contribution in [2.75, 3.05) is 0 Å². The van der Waals surface area contributed by atoms with Crippen molar-refractivity contribution in [1.29, 1.82) is 0 Å². The molecule has 0 radical (unpaired) electrons. The first-order valence-electron chi connectivity index (χ1n) is 5.17. The van der Waals surface area contributed by atoms with Crippen LogP contribution in [0.4, 0.5) is 0 Å². The molecule has 0 spiro atoms. The Kier molecular flexibility index (Phi) is 2.57. The van der Waals surface area contributed by atoms with Gasteiger partial charge in [0.1, 0.15) is 11.5 Å². The minimum absolute atomic E-state index is 0.158. The maximum Gasteiger partial charge on any atom is 0.123 e. The van der Waals surface area contributed by atoms with Gasteiger partial charge in [0, 0.05) is 5.56 Å². The van der Waals surface area contributed by atoms with Crippen LogP contribution in [0.1, 0.15) is 11.1 Å². The highest BCUT2D eigenvalue weighted by molar-refractivity contribution is 5.72. The normalized spacial score (nSPS) is 10.4. The second kappa shape index (κ2) is 3.89. The van der Waals surface area contributed by atoms with Crippen molar-refractivity contribution in [3.05, 3.63) is 47.5 Å². The Bertz CT molecular complexity index is 530. The van der Waals surface area contributed by atoms with Crippen molar-refractivity contribution in [3.8, 4) is 22.6 Å². The van der Waals surface area contributed by atoms with Crippen LogP contribution >= 0.6 is 0 Å². The summed E-state index contributed by atoms with van der Waals surface area (Å²) in [5, 5.41) is 19.1. The van der Waals surface area contributed by atoms with E-state index in [1.54, 1.807) is 6.07 Å². The summed E-state index contributed by atoms with van der Waals surface area (Å²) in [7, 11) is 0. The number of rotatable bonds is 1. The highest BCUT2D eigenvalue weighted by Gasteiger charge is 2.06. The number of aryl methyl sites for hydroxylation is 2. The van der Waals surface area contributed by atoms with Gasteiger partial charge in [0.15, 0.2) is 0 Å². The molecule has 0 saturated heterocycles. The number of hydrogen-bond donors (Lipinski definition) is 2. The first-order valence-corrected chi connectivity index (χ1v) is 5.17. The largest absolute Gasteiger partial charge is 0.508 e. The molecule has 0 amide bonds. The van der Waals surface area contributed by atoms with Crippen molar-refractivity contribution in [2.24, 2.45) is 0 Å². The van der Waals surface area contributed by atoms with Gasteiger partial charge in [-0.1, -0.05) is 18.2 Å². The average molecular weight is 214 g/mol. The van der Waals surface area contributed by atoms with E-state index in [0.717, 1.165) is 5.56 Å². The van der Waals surface area contributed by atoms with E-state index in [1.807, 2.05) is 32.0 Å². The molecule has 0 aliphatic rings. The maximum absolute atomic E-state index is 9.74. The molecule has 0 fully saturated rings. The van der Waals surface area contributed by atoms with E-state index in [-0.39, 0.29) is 11.5 Å². The molecule has 2 rings (SSSR count). The molecule has 0 aliphatic carbocycles. The fourth-order valence-electron chi connectivity index (χ4n) is 1.66. The van der Waals surface area contributed by atoms with Crippen LogP contribution in [-0.2, 0) is 0 Å². The van der Waals surface area contributed by atoms with Gasteiger partial charge in [0.2, 0.25) is 0 Å². The molecule has 2 nitrogen and oxygen atoms in total. The summed E-state index contributed by atoms with van der Waals surface area (Å²) < 4.78 is 0. The lowest BCUT2D eigenvalue weighted by Crippen LogP contribution is -1.84. The molecular weight excluding hydrogens is 200 g/mol. The van der Waals surface area contributed by atoms with Crippen LogP contribution in [0.5, 0.6) is 11.5 Å². The molecule has 82 valence electrons. The monoisotopic (exact) mass is 214 g/mol. The number of benzene rings is 2. The molecule has 16 heavy (non-hydrogen) atoms. The quantitative estimate of drug-likeness (QED) is 0.714. The van der Waals surface area contributed by atoms with Gasteiger partial charge in [-0.15, -0.1) is 0 Å². The second-order valence-corrected chi connectivity index (χ2v) is 4.00. The Hall–Kier alpha value is -1.96. The Labute approximate surface area is 94.8 Å². The molecule has 0 bridgehead atoms. The number of aromatic hydroxyl groups is 2. The van der Waals surface area contributed by atoms with Gasteiger partial charge < -0.3 is 10.2 Å². The molecule has 0 aliphatic heterocycles. The fraction of sp³-hybridized carbons (Fsp3) is 0.143. The number of hydrogen-bond acceptors (Lipinski definition) is 2. The molecule has 0 heterocycles. The molecule has 0 atom stereocenters. The highest BCUT2D eigenvalue weighted by atomic mass is 16.3. The molecule has 2 N–H and O–H groups in total. The summed E-state index contributed by atoms with van der Waals surface area (Å²) in [6, 6.07) is 10.5. The topological polar surface area (TPSA) is 40.5 Å². The van der Waals surface area contributed by atoms with Gasteiger partial charge in [0.25, 0.3) is 0 Å². The Balaban J connectivity index is 2.58. The van der Waals surface area contributed by atoms with Gasteiger partial charge in [-0.3, -0.25) is 0 Å². The molecule has 0 saturated carbocycles. The van der Waals surface area contributed by atoms with Crippen LogP contribution in [0.2, 0.25) is 0 Å². The van der Waals surface area contributed by atoms with Crippen molar-refractivity contribution in [2.45, 2.75) is 13.8 Å². The molecule has 2 aromatic carbocycles. The minimum Gasteiger partial charge on any atom is -0.508 e. The van der Waals surface area contributed by atoms with E-state index in [9.17, 15) is 10.2 Å². The van der Waals surface area contributed by atoms with E-state index in [0.29, 0.717) is 5.56 Å². The SMILES string of the molecule is Cc1ccc(-c2cc(O)ccc2O)cc1C. The lowest BCUT2D eigenvalue weighted by molar-refractivity contribution is 0.462. The first-order chi connectivity index (χ1) is 7.58. The van der Waals surface area contributed by atoms with E-state index in [1.165, 1.54) is 23.3 Å². The minimum atomic E-state index is 0.158. The van der Waals surface area contributed by atoms with Gasteiger partial charge in [-0.25, -0.2) is 0 Å². The van der Waals surface area contributed by atoms with Gasteiger partial charge in [-0.05, 0) is 48.7 Å². The summed E-state index contributed by atoms with van der Waals surface area (Å²) in [5.41, 5.74) is 3.95. The number of phenols is 2. The Morgan fingerprint density at radius 3 is 2.25 bits per heavy atom. The van der Waals surface area contributed by atoms with E-state index in [4.69, 9.17) is 0 Å². The highest BCUT2D eigenvalue weighted by Crippen LogP contribution is 2.32. The van der Waals surface area contributed by atoms with Gasteiger partial charge in [0.05, 0.1) is 0 Å². The summed E-state index contributed by atoms with van der Waals surface area (Å²) in [6.45, 7) is 4.07. The van der Waals surface area contributed by atoms with Crippen LogP contribution in [0.25, 0.3) is 11.1 Å². The summed E-state index contributed by atoms with van der Waals surface area (Å²) in [4.78, 5) is 0. The van der Waals surface area contributed by atoms with Crippen LogP contribution in [0.15, 0.2) is 36.4 Å². The van der Waals surface area contributed by atoms with Crippen LogP contribution in [0, 0.1) is 13.8 Å². The van der Waals surface area contributed by atoms with Crippen molar-refractivity contribution < 1.29 is 10.2 Å². The van der Waals surface area contributed by atoms with Crippen LogP contribution < -0.4 is 0 Å². The molecule has 2 aromatic rings. The third-order valence-electron chi connectivity index (χ3n) is 2.80. The van der Waals surface area contributed by atoms with Gasteiger partial charge in [-0.2, -0.15) is 0 Å². The van der Waals surface area contributed by atoms with E-state index in [2.05, 4.69) is 0 Å². The van der Waals surface area contributed by atoms with Crippen LogP contribution in [0.3, 0.4) is 0 Å². The summed E-state index contributed by atoms with van der Waals surface area (Å²) >= 11 is 0. The Morgan fingerprint density at radius 2 is 1.56 bits per heavy atom. The lowest BCUT2D eigenvalue weighted by atomic mass is 10.00. The van der Waals surface area contributed by atoms with Crippen molar-refractivity contribution >= 4 is 0 Å². The molecule has 0 aromatic heterocycles. The van der Waals surface area contributed by atoms with Gasteiger partial charge >= 0.3 is 0 Å². The molecule has 2 heteroatoms. The van der Waals surface area contributed by atoms with E-state index < -0.39 is 0 Å². The Morgan fingerprint density at radius 1 is 0.812 bits per heavy atom. The summed E-state index contributed by atoms with van der Waals surface area (Å²) in [6.07, 6.45) is 0. The van der Waals surface area contributed by atoms with Crippen LogP contribution in [-0.4, -0.2) is 10.2 Å². The second-order valence-electron chi connectivity index (χ2n) is 4.00. The standard InChI is InChI=1S/C14H14O2/c1-9-3-4-11(7-10(9)2)13-8-12(15)5-6-14(13)16/h3-8,15-16H,1-2H3. The predicted octanol–water partition coefficient (Wildman–Crippen LogP) is 3.38. The predicted molar refractivity (Wildman–Crippen MR) is 64.7 cm³/mol. The van der Waals surface area contributed by atoms with Crippen molar-refractivity contribution in [1.82, 2.24) is 0 Å². The number of phenolic OH excluding ortho intramolecular Hbond substituents is 2. The zero-order valence-corrected chi connectivity index (χ0v) is 9.36. The van der Waals surface area contributed by atoms with E-state index >= 15 is 0 Å². The molecular formula is C14H14O2. The smallest absolute Gasteiger partial charge is 0.123 e. The third-order valence-corrected chi connectivity index (χ3v) is 2.80. The summed E-state index contributed by atoms with van der Waals surface area (Å²) in [5.74, 6) is 0.340. The zero-order chi connectivity index (χ0) is 11.7.